The van der Waals surface area contributed by atoms with Crippen LogP contribution in [0.5, 0.6) is 0 Å². The zero-order chi connectivity index (χ0) is 12.7. The first-order chi connectivity index (χ1) is 7.78. The quantitative estimate of drug-likeness (QED) is 0.749. The van der Waals surface area contributed by atoms with Gasteiger partial charge >= 0.3 is 0 Å². The molecule has 2 heterocycles. The third-order valence-electron chi connectivity index (χ3n) is 3.00. The van der Waals surface area contributed by atoms with Crippen molar-refractivity contribution >= 4 is 5.82 Å². The van der Waals surface area contributed by atoms with E-state index in [0.29, 0.717) is 12.4 Å². The maximum atomic E-state index is 13.1. The molecule has 0 spiro atoms. The molecule has 94 valence electrons. The van der Waals surface area contributed by atoms with Crippen LogP contribution in [0.3, 0.4) is 0 Å². The van der Waals surface area contributed by atoms with Gasteiger partial charge in [-0.1, -0.05) is 26.8 Å². The van der Waals surface area contributed by atoms with Gasteiger partial charge in [0.1, 0.15) is 5.82 Å². The smallest absolute Gasteiger partial charge is 0.266 e. The number of rotatable bonds is 1. The summed E-state index contributed by atoms with van der Waals surface area (Å²) in [6.07, 6.45) is -0.0750. The number of halogens is 2. The van der Waals surface area contributed by atoms with E-state index < -0.39 is 5.92 Å². The summed E-state index contributed by atoms with van der Waals surface area (Å²) in [6, 6.07) is 5.63. The first-order valence-corrected chi connectivity index (χ1v) is 5.88. The molecule has 0 N–H and O–H groups in total. The van der Waals surface area contributed by atoms with E-state index in [1.807, 2.05) is 12.1 Å². The number of nitrogens with zero attached hydrogens (tertiary/aromatic N) is 2. The first-order valence-electron chi connectivity index (χ1n) is 5.88. The van der Waals surface area contributed by atoms with Crippen LogP contribution < -0.4 is 4.90 Å². The Labute approximate surface area is 101 Å². The molecule has 1 aliphatic rings. The normalized spacial score (nSPS) is 19.7. The summed E-state index contributed by atoms with van der Waals surface area (Å²) in [6.45, 7) is 6.37. The van der Waals surface area contributed by atoms with Crippen LogP contribution in [0.2, 0.25) is 0 Å². The highest BCUT2D eigenvalue weighted by molar-refractivity contribution is 5.42. The fourth-order valence-corrected chi connectivity index (χ4v) is 1.95. The Morgan fingerprint density at radius 3 is 2.53 bits per heavy atom. The van der Waals surface area contributed by atoms with Crippen LogP contribution in [0.15, 0.2) is 18.2 Å². The minimum atomic E-state index is -2.57. The maximum Gasteiger partial charge on any atom is 0.266 e. The molecule has 0 saturated carbocycles. The number of pyridine rings is 1. The molecule has 0 unspecified atom stereocenters. The Kier molecular flexibility index (Phi) is 2.84. The summed E-state index contributed by atoms with van der Waals surface area (Å²) in [4.78, 5) is 6.15. The molecular formula is C13H18F2N2. The van der Waals surface area contributed by atoms with E-state index in [1.165, 1.54) is 0 Å². The third kappa shape index (κ3) is 2.73. The van der Waals surface area contributed by atoms with Crippen molar-refractivity contribution in [3.8, 4) is 0 Å². The Morgan fingerprint density at radius 1 is 1.29 bits per heavy atom. The number of anilines is 1. The Morgan fingerprint density at radius 2 is 2.00 bits per heavy atom. The predicted octanol–water partition coefficient (Wildman–Crippen LogP) is 3.22. The molecule has 0 bridgehead atoms. The SMILES string of the molecule is CC(C)(C)c1cccc(N2CCC(F)(F)C2)n1. The highest BCUT2D eigenvalue weighted by atomic mass is 19.3. The average Bonchev–Trinajstić information content (AvgIpc) is 2.58. The number of hydrogen-bond acceptors (Lipinski definition) is 2. The largest absolute Gasteiger partial charge is 0.350 e. The number of aromatic nitrogens is 1. The van der Waals surface area contributed by atoms with Gasteiger partial charge in [-0.25, -0.2) is 13.8 Å². The number of alkyl halides is 2. The molecule has 0 aromatic carbocycles. The maximum absolute atomic E-state index is 13.1. The van der Waals surface area contributed by atoms with Gasteiger partial charge in [-0.05, 0) is 12.1 Å². The lowest BCUT2D eigenvalue weighted by Crippen LogP contribution is -2.26. The van der Waals surface area contributed by atoms with Crippen LogP contribution in [0.4, 0.5) is 14.6 Å². The minimum Gasteiger partial charge on any atom is -0.350 e. The highest BCUT2D eigenvalue weighted by Gasteiger charge is 2.38. The summed E-state index contributed by atoms with van der Waals surface area (Å²) in [5.41, 5.74) is 0.878. The van der Waals surface area contributed by atoms with E-state index in [9.17, 15) is 8.78 Å². The molecule has 2 rings (SSSR count). The monoisotopic (exact) mass is 240 g/mol. The third-order valence-corrected chi connectivity index (χ3v) is 3.00. The zero-order valence-corrected chi connectivity index (χ0v) is 10.5. The second-order valence-corrected chi connectivity index (χ2v) is 5.66. The van der Waals surface area contributed by atoms with Crippen molar-refractivity contribution in [3.63, 3.8) is 0 Å². The van der Waals surface area contributed by atoms with Crippen LogP contribution in [-0.2, 0) is 5.41 Å². The van der Waals surface area contributed by atoms with Gasteiger partial charge in [0.05, 0.1) is 6.54 Å². The van der Waals surface area contributed by atoms with Crippen molar-refractivity contribution in [2.75, 3.05) is 18.0 Å². The topological polar surface area (TPSA) is 16.1 Å². The fourth-order valence-electron chi connectivity index (χ4n) is 1.95. The Hall–Kier alpha value is -1.19. The lowest BCUT2D eigenvalue weighted by molar-refractivity contribution is 0.0256. The van der Waals surface area contributed by atoms with Crippen molar-refractivity contribution in [2.45, 2.75) is 38.5 Å². The molecule has 17 heavy (non-hydrogen) atoms. The van der Waals surface area contributed by atoms with Crippen LogP contribution in [0.25, 0.3) is 0 Å². The molecule has 1 saturated heterocycles. The number of hydrogen-bond donors (Lipinski definition) is 0. The first kappa shape index (κ1) is 12.3. The van der Waals surface area contributed by atoms with Crippen molar-refractivity contribution in [2.24, 2.45) is 0 Å². The Bertz CT molecular complexity index is 410. The van der Waals surface area contributed by atoms with Crippen LogP contribution in [-0.4, -0.2) is 24.0 Å². The van der Waals surface area contributed by atoms with Gasteiger partial charge in [0.25, 0.3) is 5.92 Å². The van der Waals surface area contributed by atoms with E-state index in [4.69, 9.17) is 0 Å². The van der Waals surface area contributed by atoms with E-state index >= 15 is 0 Å². The highest BCUT2D eigenvalue weighted by Crippen LogP contribution is 2.31. The lowest BCUT2D eigenvalue weighted by Gasteiger charge is -2.22. The molecule has 4 heteroatoms. The van der Waals surface area contributed by atoms with Crippen molar-refractivity contribution in [1.29, 1.82) is 0 Å². The Balaban J connectivity index is 2.23. The van der Waals surface area contributed by atoms with E-state index in [-0.39, 0.29) is 18.4 Å². The second kappa shape index (κ2) is 3.93. The van der Waals surface area contributed by atoms with Crippen molar-refractivity contribution in [3.05, 3.63) is 23.9 Å². The molecule has 0 aliphatic carbocycles. The zero-order valence-electron chi connectivity index (χ0n) is 10.5. The van der Waals surface area contributed by atoms with Gasteiger partial charge in [-0.2, -0.15) is 0 Å². The second-order valence-electron chi connectivity index (χ2n) is 5.66. The average molecular weight is 240 g/mol. The van der Waals surface area contributed by atoms with Gasteiger partial charge < -0.3 is 4.90 Å². The molecule has 1 aliphatic heterocycles. The molecule has 0 atom stereocenters. The van der Waals surface area contributed by atoms with Crippen molar-refractivity contribution < 1.29 is 8.78 Å². The molecule has 1 aromatic rings. The molecular weight excluding hydrogens is 222 g/mol. The van der Waals surface area contributed by atoms with Gasteiger partial charge in [0.2, 0.25) is 0 Å². The molecule has 2 nitrogen and oxygen atoms in total. The fraction of sp³-hybridized carbons (Fsp3) is 0.615. The van der Waals surface area contributed by atoms with Crippen LogP contribution in [0.1, 0.15) is 32.9 Å². The lowest BCUT2D eigenvalue weighted by atomic mass is 9.92. The summed E-state index contributed by atoms with van der Waals surface area (Å²) in [5, 5.41) is 0. The molecule has 0 amide bonds. The van der Waals surface area contributed by atoms with Gasteiger partial charge in [-0.3, -0.25) is 0 Å². The van der Waals surface area contributed by atoms with Crippen LogP contribution in [0, 0.1) is 0 Å². The van der Waals surface area contributed by atoms with Crippen LogP contribution >= 0.6 is 0 Å². The molecule has 1 aromatic heterocycles. The van der Waals surface area contributed by atoms with Crippen molar-refractivity contribution in [1.82, 2.24) is 4.98 Å². The van der Waals surface area contributed by atoms with Gasteiger partial charge in [0, 0.05) is 24.1 Å². The molecule has 1 fully saturated rings. The minimum absolute atomic E-state index is 0.0573. The molecule has 0 radical (unpaired) electrons. The summed E-state index contributed by atoms with van der Waals surface area (Å²) in [5.74, 6) is -1.91. The standard InChI is InChI=1S/C13H18F2N2/c1-12(2,3)10-5-4-6-11(16-10)17-8-7-13(14,15)9-17/h4-6H,7-9H2,1-3H3. The van der Waals surface area contributed by atoms with Gasteiger partial charge in [0.15, 0.2) is 0 Å². The summed E-state index contributed by atoms with van der Waals surface area (Å²) < 4.78 is 26.3. The van der Waals surface area contributed by atoms with E-state index in [0.717, 1.165) is 5.69 Å². The summed E-state index contributed by atoms with van der Waals surface area (Å²) in [7, 11) is 0. The van der Waals surface area contributed by atoms with E-state index in [2.05, 4.69) is 25.8 Å². The van der Waals surface area contributed by atoms with E-state index in [1.54, 1.807) is 11.0 Å². The predicted molar refractivity (Wildman–Crippen MR) is 64.7 cm³/mol. The van der Waals surface area contributed by atoms with Gasteiger partial charge in [-0.15, -0.1) is 0 Å². The summed E-state index contributed by atoms with van der Waals surface area (Å²) >= 11 is 0.